The van der Waals surface area contributed by atoms with Gasteiger partial charge in [-0.2, -0.15) is 0 Å². The molecule has 1 rings (SSSR count). The lowest BCUT2D eigenvalue weighted by Crippen LogP contribution is -2.44. The summed E-state index contributed by atoms with van der Waals surface area (Å²) in [5.74, 6) is -0.0908. The van der Waals surface area contributed by atoms with Gasteiger partial charge in [-0.25, -0.2) is 0 Å². The molecule has 0 saturated carbocycles. The van der Waals surface area contributed by atoms with Crippen LogP contribution in [0.4, 0.5) is 0 Å². The van der Waals surface area contributed by atoms with Crippen LogP contribution in [0.3, 0.4) is 0 Å². The fraction of sp³-hybridized carbons (Fsp3) is 0.850. The topological polar surface area (TPSA) is 55.8 Å². The summed E-state index contributed by atoms with van der Waals surface area (Å²) in [6, 6.07) is 0. The molecule has 1 N–H and O–H groups in total. The molecule has 1 aliphatic carbocycles. The van der Waals surface area contributed by atoms with Crippen molar-refractivity contribution >= 4 is 14.3 Å². The van der Waals surface area contributed by atoms with Gasteiger partial charge in [-0.1, -0.05) is 39.7 Å². The summed E-state index contributed by atoms with van der Waals surface area (Å²) in [5, 5.41) is 10.2. The maximum Gasteiger partial charge on any atom is 0.305 e. The maximum atomic E-state index is 11.3. The number of ether oxygens (including phenoxy) is 1. The second-order valence-corrected chi connectivity index (χ2v) is 13.4. The molecule has 5 heteroatoms. The molecule has 25 heavy (non-hydrogen) atoms. The van der Waals surface area contributed by atoms with E-state index < -0.39 is 8.32 Å². The van der Waals surface area contributed by atoms with E-state index in [4.69, 9.17) is 9.16 Å². The minimum absolute atomic E-state index is 0.0791. The zero-order chi connectivity index (χ0) is 19.1. The second-order valence-electron chi connectivity index (χ2n) is 8.63. The summed E-state index contributed by atoms with van der Waals surface area (Å²) in [4.78, 5) is 11.3. The molecule has 2 atom stereocenters. The van der Waals surface area contributed by atoms with Crippen molar-refractivity contribution in [3.05, 3.63) is 11.6 Å². The van der Waals surface area contributed by atoms with Crippen LogP contribution < -0.4 is 0 Å². The standard InChI is InChI=1S/C20H38O4Si/c1-7-23-19(22)13-11-9-8-10-12-16-14-17(21)15-18(16)24-25(5,6)20(2,3)4/h14,17-18,21H,7-13,15H2,1-6H3/t17?,18-/m0/s1. The minimum Gasteiger partial charge on any atom is -0.466 e. The monoisotopic (exact) mass is 370 g/mol. The lowest BCUT2D eigenvalue weighted by Gasteiger charge is -2.39. The van der Waals surface area contributed by atoms with Gasteiger partial charge in [-0.3, -0.25) is 4.79 Å². The van der Waals surface area contributed by atoms with Crippen molar-refractivity contribution in [2.45, 2.75) is 103 Å². The predicted octanol–water partition coefficient (Wildman–Crippen LogP) is 4.97. The highest BCUT2D eigenvalue weighted by atomic mass is 28.4. The molecule has 1 aliphatic rings. The summed E-state index contributed by atoms with van der Waals surface area (Å²) in [5.41, 5.74) is 1.27. The van der Waals surface area contributed by atoms with Crippen LogP contribution in [0.15, 0.2) is 11.6 Å². The van der Waals surface area contributed by atoms with Gasteiger partial charge in [0.15, 0.2) is 8.32 Å². The molecule has 146 valence electrons. The first-order valence-corrected chi connectivity index (χ1v) is 12.7. The highest BCUT2D eigenvalue weighted by Gasteiger charge is 2.41. The summed E-state index contributed by atoms with van der Waals surface area (Å²) >= 11 is 0. The summed E-state index contributed by atoms with van der Waals surface area (Å²) in [7, 11) is -1.83. The third kappa shape index (κ3) is 7.63. The SMILES string of the molecule is CCOC(=O)CCCCCCC1=CC(O)C[C@@H]1O[Si](C)(C)C(C)(C)C. The van der Waals surface area contributed by atoms with Crippen molar-refractivity contribution in [3.63, 3.8) is 0 Å². The fourth-order valence-corrected chi connectivity index (χ4v) is 4.19. The van der Waals surface area contributed by atoms with E-state index in [0.29, 0.717) is 19.4 Å². The molecule has 1 unspecified atom stereocenters. The smallest absolute Gasteiger partial charge is 0.305 e. The van der Waals surface area contributed by atoms with Gasteiger partial charge < -0.3 is 14.3 Å². The van der Waals surface area contributed by atoms with Crippen LogP contribution in [0, 0.1) is 0 Å². The number of aliphatic hydroxyl groups is 1. The van der Waals surface area contributed by atoms with E-state index in [9.17, 15) is 9.90 Å². The summed E-state index contributed by atoms with van der Waals surface area (Å²) in [6.07, 6.45) is 8.03. The Morgan fingerprint density at radius 2 is 1.88 bits per heavy atom. The zero-order valence-corrected chi connectivity index (χ0v) is 18.1. The number of aliphatic hydroxyl groups excluding tert-OH is 1. The Hall–Kier alpha value is -0.653. The second kappa shape index (κ2) is 9.88. The van der Waals surface area contributed by atoms with Gasteiger partial charge in [0.25, 0.3) is 0 Å². The van der Waals surface area contributed by atoms with Crippen LogP contribution in [0.1, 0.15) is 72.6 Å². The lowest BCUT2D eigenvalue weighted by molar-refractivity contribution is -0.143. The number of unbranched alkanes of at least 4 members (excludes halogenated alkanes) is 3. The number of rotatable bonds is 10. The van der Waals surface area contributed by atoms with Gasteiger partial charge in [-0.05, 0) is 49.9 Å². The molecular formula is C20H38O4Si. The van der Waals surface area contributed by atoms with Gasteiger partial charge in [0.05, 0.1) is 18.8 Å². The first kappa shape index (κ1) is 22.4. The highest BCUT2D eigenvalue weighted by Crippen LogP contribution is 2.40. The Kier molecular flexibility index (Phi) is 8.85. The number of esters is 1. The molecule has 0 aromatic rings. The van der Waals surface area contributed by atoms with Crippen LogP contribution in [-0.2, 0) is 14.0 Å². The molecule has 0 aromatic carbocycles. The Labute approximate surface area is 155 Å². The summed E-state index contributed by atoms with van der Waals surface area (Å²) < 4.78 is 11.5. The molecule has 0 saturated heterocycles. The molecule has 0 fully saturated rings. The zero-order valence-electron chi connectivity index (χ0n) is 17.1. The quantitative estimate of drug-likeness (QED) is 0.255. The summed E-state index contributed by atoms with van der Waals surface area (Å²) in [6.45, 7) is 13.6. The molecule has 0 aromatic heterocycles. The molecule has 0 heterocycles. The Morgan fingerprint density at radius 3 is 2.48 bits per heavy atom. The Bertz CT molecular complexity index is 451. The fourth-order valence-electron chi connectivity index (χ4n) is 2.88. The van der Waals surface area contributed by atoms with E-state index >= 15 is 0 Å². The molecule has 0 amide bonds. The highest BCUT2D eigenvalue weighted by molar-refractivity contribution is 6.74. The van der Waals surface area contributed by atoms with Gasteiger partial charge in [0.2, 0.25) is 0 Å². The van der Waals surface area contributed by atoms with E-state index in [0.717, 1.165) is 32.1 Å². The van der Waals surface area contributed by atoms with Crippen molar-refractivity contribution in [1.29, 1.82) is 0 Å². The van der Waals surface area contributed by atoms with Crippen LogP contribution >= 0.6 is 0 Å². The largest absolute Gasteiger partial charge is 0.466 e. The van der Waals surface area contributed by atoms with Gasteiger partial charge >= 0.3 is 5.97 Å². The van der Waals surface area contributed by atoms with Crippen molar-refractivity contribution < 1.29 is 19.1 Å². The Morgan fingerprint density at radius 1 is 1.24 bits per heavy atom. The normalized spacial score (nSPS) is 21.3. The molecular weight excluding hydrogens is 332 g/mol. The average Bonchev–Trinajstić information content (AvgIpc) is 2.81. The van der Waals surface area contributed by atoms with E-state index in [1.165, 1.54) is 5.57 Å². The van der Waals surface area contributed by atoms with Gasteiger partial charge in [0, 0.05) is 12.8 Å². The number of carbonyl (C=O) groups excluding carboxylic acids is 1. The number of carbonyl (C=O) groups is 1. The molecule has 0 radical (unpaired) electrons. The van der Waals surface area contributed by atoms with Crippen LogP contribution in [0.2, 0.25) is 18.1 Å². The third-order valence-electron chi connectivity index (χ3n) is 5.42. The van der Waals surface area contributed by atoms with E-state index in [1.54, 1.807) is 0 Å². The van der Waals surface area contributed by atoms with Crippen molar-refractivity contribution in [2.24, 2.45) is 0 Å². The third-order valence-corrected chi connectivity index (χ3v) is 9.91. The van der Waals surface area contributed by atoms with Crippen molar-refractivity contribution in [3.8, 4) is 0 Å². The molecule has 0 spiro atoms. The van der Waals surface area contributed by atoms with Gasteiger partial charge in [0.1, 0.15) is 0 Å². The van der Waals surface area contributed by atoms with Crippen LogP contribution in [0.25, 0.3) is 0 Å². The number of hydrogen-bond donors (Lipinski definition) is 1. The van der Waals surface area contributed by atoms with Crippen molar-refractivity contribution in [1.82, 2.24) is 0 Å². The lowest BCUT2D eigenvalue weighted by atomic mass is 10.0. The molecule has 0 bridgehead atoms. The maximum absolute atomic E-state index is 11.3. The van der Waals surface area contributed by atoms with Crippen LogP contribution in [0.5, 0.6) is 0 Å². The number of hydrogen-bond acceptors (Lipinski definition) is 4. The van der Waals surface area contributed by atoms with Crippen molar-refractivity contribution in [2.75, 3.05) is 6.61 Å². The van der Waals surface area contributed by atoms with Crippen LogP contribution in [-0.4, -0.2) is 38.2 Å². The van der Waals surface area contributed by atoms with E-state index in [2.05, 4.69) is 33.9 Å². The van der Waals surface area contributed by atoms with E-state index in [-0.39, 0.29) is 23.2 Å². The first-order chi connectivity index (χ1) is 11.6. The average molecular weight is 371 g/mol. The van der Waals surface area contributed by atoms with E-state index in [1.807, 2.05) is 13.0 Å². The minimum atomic E-state index is -1.83. The predicted molar refractivity (Wildman–Crippen MR) is 105 cm³/mol. The Balaban J connectivity index is 2.36. The van der Waals surface area contributed by atoms with Gasteiger partial charge in [-0.15, -0.1) is 0 Å². The molecule has 4 nitrogen and oxygen atoms in total. The first-order valence-electron chi connectivity index (χ1n) is 9.79. The molecule has 0 aliphatic heterocycles.